The maximum Gasteiger partial charge on any atom is 0.0414 e. The van der Waals surface area contributed by atoms with Gasteiger partial charge in [-0.3, -0.25) is 0 Å². The molecule has 1 aromatic carbocycles. The first-order chi connectivity index (χ1) is 6.22. The molecule has 1 nitrogen and oxygen atoms in total. The topological polar surface area (TPSA) is 26.0 Å². The standard InChI is InChI=1S/C11H14ClN/c1-9-6-10(4-2-3-5-13)8-11(12)7-9/h2,4,6-8H,3,5,13H2,1H3. The van der Waals surface area contributed by atoms with Gasteiger partial charge in [-0.15, -0.1) is 0 Å². The molecule has 0 aromatic heterocycles. The van der Waals surface area contributed by atoms with Crippen molar-refractivity contribution in [2.75, 3.05) is 6.54 Å². The summed E-state index contributed by atoms with van der Waals surface area (Å²) in [5.41, 5.74) is 7.69. The zero-order valence-corrected chi connectivity index (χ0v) is 8.51. The van der Waals surface area contributed by atoms with Crippen LogP contribution in [0.4, 0.5) is 0 Å². The maximum absolute atomic E-state index is 5.90. The number of aryl methyl sites for hydroxylation is 1. The molecule has 0 aliphatic carbocycles. The van der Waals surface area contributed by atoms with Crippen LogP contribution in [0.1, 0.15) is 17.5 Å². The summed E-state index contributed by atoms with van der Waals surface area (Å²) in [5.74, 6) is 0. The third-order valence-corrected chi connectivity index (χ3v) is 1.93. The van der Waals surface area contributed by atoms with Crippen LogP contribution < -0.4 is 5.73 Å². The third kappa shape index (κ3) is 3.62. The Morgan fingerprint density at radius 2 is 2.15 bits per heavy atom. The fourth-order valence-corrected chi connectivity index (χ4v) is 1.47. The molecule has 0 fully saturated rings. The number of benzene rings is 1. The molecule has 2 N–H and O–H groups in total. The van der Waals surface area contributed by atoms with Gasteiger partial charge in [0.05, 0.1) is 0 Å². The van der Waals surface area contributed by atoms with E-state index in [2.05, 4.69) is 12.1 Å². The summed E-state index contributed by atoms with van der Waals surface area (Å²) in [7, 11) is 0. The van der Waals surface area contributed by atoms with E-state index in [0.717, 1.165) is 17.0 Å². The summed E-state index contributed by atoms with van der Waals surface area (Å²) in [6, 6.07) is 5.99. The number of halogens is 1. The first-order valence-electron chi connectivity index (χ1n) is 4.36. The first kappa shape index (κ1) is 10.3. The molecule has 2 heteroatoms. The van der Waals surface area contributed by atoms with Gasteiger partial charge in [-0.1, -0.05) is 29.8 Å². The summed E-state index contributed by atoms with van der Waals surface area (Å²) in [5, 5.41) is 0.785. The molecule has 0 aliphatic rings. The van der Waals surface area contributed by atoms with Crippen LogP contribution in [0.25, 0.3) is 6.08 Å². The largest absolute Gasteiger partial charge is 0.330 e. The third-order valence-electron chi connectivity index (χ3n) is 1.71. The van der Waals surface area contributed by atoms with Crippen molar-refractivity contribution in [3.63, 3.8) is 0 Å². The molecule has 0 heterocycles. The lowest BCUT2D eigenvalue weighted by molar-refractivity contribution is 1.01. The van der Waals surface area contributed by atoms with Crippen molar-refractivity contribution in [1.82, 2.24) is 0 Å². The quantitative estimate of drug-likeness (QED) is 0.789. The van der Waals surface area contributed by atoms with E-state index in [4.69, 9.17) is 17.3 Å². The van der Waals surface area contributed by atoms with Gasteiger partial charge in [-0.2, -0.15) is 0 Å². The summed E-state index contributed by atoms with van der Waals surface area (Å²) < 4.78 is 0. The lowest BCUT2D eigenvalue weighted by atomic mass is 10.1. The lowest BCUT2D eigenvalue weighted by Crippen LogP contribution is -1.94. The molecule has 0 saturated heterocycles. The molecule has 0 saturated carbocycles. The number of nitrogens with two attached hydrogens (primary N) is 1. The van der Waals surface area contributed by atoms with E-state index in [1.54, 1.807) is 0 Å². The predicted octanol–water partition coefficient (Wildman–Crippen LogP) is 3.01. The van der Waals surface area contributed by atoms with Crippen molar-refractivity contribution < 1.29 is 0 Å². The molecule has 0 spiro atoms. The van der Waals surface area contributed by atoms with E-state index in [-0.39, 0.29) is 0 Å². The number of rotatable bonds is 3. The first-order valence-corrected chi connectivity index (χ1v) is 4.74. The fraction of sp³-hybridized carbons (Fsp3) is 0.273. The molecule has 0 aliphatic heterocycles. The normalized spacial score (nSPS) is 11.0. The van der Waals surface area contributed by atoms with Gasteiger partial charge in [0.15, 0.2) is 0 Å². The minimum Gasteiger partial charge on any atom is -0.330 e. The van der Waals surface area contributed by atoms with Crippen LogP contribution in [0.3, 0.4) is 0 Å². The van der Waals surface area contributed by atoms with Gasteiger partial charge in [0.1, 0.15) is 0 Å². The molecular weight excluding hydrogens is 182 g/mol. The van der Waals surface area contributed by atoms with Crippen LogP contribution in [-0.4, -0.2) is 6.54 Å². The van der Waals surface area contributed by atoms with Gasteiger partial charge in [0, 0.05) is 5.02 Å². The Hall–Kier alpha value is -0.790. The highest BCUT2D eigenvalue weighted by molar-refractivity contribution is 6.30. The summed E-state index contributed by atoms with van der Waals surface area (Å²) in [4.78, 5) is 0. The molecule has 13 heavy (non-hydrogen) atoms. The van der Waals surface area contributed by atoms with Crippen LogP contribution in [0.5, 0.6) is 0 Å². The summed E-state index contributed by atoms with van der Waals surface area (Å²) >= 11 is 5.90. The zero-order chi connectivity index (χ0) is 9.68. The van der Waals surface area contributed by atoms with Gasteiger partial charge >= 0.3 is 0 Å². The Kier molecular flexibility index (Phi) is 4.00. The average molecular weight is 196 g/mol. The van der Waals surface area contributed by atoms with Gasteiger partial charge in [0.25, 0.3) is 0 Å². The molecular formula is C11H14ClN. The molecule has 1 rings (SSSR count). The van der Waals surface area contributed by atoms with Crippen LogP contribution in [0.15, 0.2) is 24.3 Å². The van der Waals surface area contributed by atoms with Crippen LogP contribution in [-0.2, 0) is 0 Å². The SMILES string of the molecule is Cc1cc(Cl)cc(C=CCCN)c1. The Labute approximate surface area is 84.2 Å². The van der Waals surface area contributed by atoms with Gasteiger partial charge in [-0.05, 0) is 43.1 Å². The van der Waals surface area contributed by atoms with Crippen LogP contribution in [0, 0.1) is 6.92 Å². The van der Waals surface area contributed by atoms with Crippen molar-refractivity contribution in [1.29, 1.82) is 0 Å². The van der Waals surface area contributed by atoms with E-state index < -0.39 is 0 Å². The lowest BCUT2D eigenvalue weighted by Gasteiger charge is -1.98. The van der Waals surface area contributed by atoms with Crippen LogP contribution in [0.2, 0.25) is 5.02 Å². The van der Waals surface area contributed by atoms with Gasteiger partial charge in [-0.25, -0.2) is 0 Å². The highest BCUT2D eigenvalue weighted by Gasteiger charge is 1.92. The minimum atomic E-state index is 0.691. The predicted molar refractivity (Wildman–Crippen MR) is 58.9 cm³/mol. The van der Waals surface area contributed by atoms with Crippen molar-refractivity contribution in [3.05, 3.63) is 40.4 Å². The van der Waals surface area contributed by atoms with E-state index >= 15 is 0 Å². The maximum atomic E-state index is 5.90. The van der Waals surface area contributed by atoms with Gasteiger partial charge < -0.3 is 5.73 Å². The molecule has 0 amide bonds. The fourth-order valence-electron chi connectivity index (χ4n) is 1.18. The second-order valence-electron chi connectivity index (χ2n) is 3.04. The van der Waals surface area contributed by atoms with Gasteiger partial charge in [0.2, 0.25) is 0 Å². The minimum absolute atomic E-state index is 0.691. The van der Waals surface area contributed by atoms with E-state index in [0.29, 0.717) is 6.54 Å². The molecule has 70 valence electrons. The Morgan fingerprint density at radius 1 is 1.38 bits per heavy atom. The van der Waals surface area contributed by atoms with E-state index in [9.17, 15) is 0 Å². The highest BCUT2D eigenvalue weighted by atomic mass is 35.5. The van der Waals surface area contributed by atoms with Crippen molar-refractivity contribution in [3.8, 4) is 0 Å². The molecule has 0 unspecified atom stereocenters. The van der Waals surface area contributed by atoms with E-state index in [1.807, 2.05) is 25.1 Å². The second-order valence-corrected chi connectivity index (χ2v) is 3.48. The van der Waals surface area contributed by atoms with E-state index in [1.165, 1.54) is 5.56 Å². The second kappa shape index (κ2) is 5.05. The smallest absolute Gasteiger partial charge is 0.0414 e. The van der Waals surface area contributed by atoms with Crippen molar-refractivity contribution >= 4 is 17.7 Å². The Bertz CT molecular complexity index is 285. The molecule has 0 radical (unpaired) electrons. The zero-order valence-electron chi connectivity index (χ0n) is 7.76. The average Bonchev–Trinajstić information content (AvgIpc) is 2.03. The van der Waals surface area contributed by atoms with Crippen LogP contribution >= 0.6 is 11.6 Å². The molecule has 0 atom stereocenters. The number of hydrogen-bond donors (Lipinski definition) is 1. The Balaban J connectivity index is 2.77. The monoisotopic (exact) mass is 195 g/mol. The highest BCUT2D eigenvalue weighted by Crippen LogP contribution is 2.15. The summed E-state index contributed by atoms with van der Waals surface area (Å²) in [6.45, 7) is 2.72. The van der Waals surface area contributed by atoms with Crippen molar-refractivity contribution in [2.24, 2.45) is 5.73 Å². The number of hydrogen-bond acceptors (Lipinski definition) is 1. The van der Waals surface area contributed by atoms with Crippen molar-refractivity contribution in [2.45, 2.75) is 13.3 Å². The summed E-state index contributed by atoms with van der Waals surface area (Å²) in [6.07, 6.45) is 5.02. The molecule has 1 aromatic rings. The Morgan fingerprint density at radius 3 is 2.77 bits per heavy atom. The molecule has 0 bridgehead atoms.